The summed E-state index contributed by atoms with van der Waals surface area (Å²) in [6.45, 7) is 7.95. The lowest BCUT2D eigenvalue weighted by atomic mass is 9.98. The minimum Gasteiger partial charge on any atom is -0.444 e. The number of ether oxygens (including phenoxy) is 1. The van der Waals surface area contributed by atoms with Crippen LogP contribution in [0.15, 0.2) is 22.7 Å². The topological polar surface area (TPSA) is 41.6 Å². The molecule has 1 aliphatic rings. The van der Waals surface area contributed by atoms with E-state index in [1.807, 2.05) is 43.9 Å². The summed E-state index contributed by atoms with van der Waals surface area (Å²) in [5.74, 6) is 0.395. The number of likely N-dealkylation sites (tertiary alicyclic amines) is 1. The molecule has 0 bridgehead atoms. The number of amides is 1. The molecule has 0 spiro atoms. The van der Waals surface area contributed by atoms with Crippen molar-refractivity contribution in [1.82, 2.24) is 4.90 Å². The number of carbonyl (C=O) groups excluding carboxylic acids is 1. The van der Waals surface area contributed by atoms with E-state index in [1.54, 1.807) is 0 Å². The Hall–Kier alpha value is -0.940. The number of anilines is 1. The Morgan fingerprint density at radius 2 is 2.22 bits per heavy atom. The van der Waals surface area contributed by atoms with Gasteiger partial charge in [-0.25, -0.2) is 4.79 Å². The lowest BCUT2D eigenvalue weighted by molar-refractivity contribution is 0.0172. The third kappa shape index (κ3) is 5.88. The maximum absolute atomic E-state index is 12.2. The Balaban J connectivity index is 1.89. The van der Waals surface area contributed by atoms with E-state index in [9.17, 15) is 4.79 Å². The van der Waals surface area contributed by atoms with Gasteiger partial charge in [-0.2, -0.15) is 0 Å². The Labute approximate surface area is 151 Å². The second-order valence-electron chi connectivity index (χ2n) is 6.94. The summed E-state index contributed by atoms with van der Waals surface area (Å²) >= 11 is 9.65. The molecule has 0 radical (unpaired) electrons. The Bertz CT molecular complexity index is 560. The van der Waals surface area contributed by atoms with Gasteiger partial charge in [0.15, 0.2) is 0 Å². The zero-order valence-electron chi connectivity index (χ0n) is 13.9. The molecule has 0 aliphatic carbocycles. The third-order valence-electron chi connectivity index (χ3n) is 3.68. The molecular weight excluding hydrogens is 380 g/mol. The summed E-state index contributed by atoms with van der Waals surface area (Å²) in [5.41, 5.74) is 0.460. The summed E-state index contributed by atoms with van der Waals surface area (Å²) in [4.78, 5) is 14.0. The fourth-order valence-corrected chi connectivity index (χ4v) is 3.16. The normalized spacial score (nSPS) is 18.7. The first-order valence-corrected chi connectivity index (χ1v) is 9.08. The fraction of sp³-hybridized carbons (Fsp3) is 0.588. The van der Waals surface area contributed by atoms with Crippen molar-refractivity contribution in [2.45, 2.75) is 39.2 Å². The highest BCUT2D eigenvalue weighted by molar-refractivity contribution is 9.10. The number of piperidine rings is 1. The number of halogens is 2. The monoisotopic (exact) mass is 402 g/mol. The van der Waals surface area contributed by atoms with Crippen LogP contribution < -0.4 is 5.32 Å². The molecule has 1 saturated heterocycles. The molecule has 1 unspecified atom stereocenters. The summed E-state index contributed by atoms with van der Waals surface area (Å²) in [6, 6.07) is 5.75. The van der Waals surface area contributed by atoms with Crippen LogP contribution in [0.5, 0.6) is 0 Å². The van der Waals surface area contributed by atoms with E-state index in [4.69, 9.17) is 16.3 Å². The highest BCUT2D eigenvalue weighted by atomic mass is 79.9. The van der Waals surface area contributed by atoms with Crippen LogP contribution in [-0.2, 0) is 4.74 Å². The maximum atomic E-state index is 12.2. The molecule has 0 saturated carbocycles. The SMILES string of the molecule is CC(C)(C)OC(=O)N1CCCC(CNc2cc(Br)ccc2Cl)C1. The van der Waals surface area contributed by atoms with E-state index in [0.29, 0.717) is 17.5 Å². The zero-order chi connectivity index (χ0) is 17.0. The van der Waals surface area contributed by atoms with Gasteiger partial charge in [-0.05, 0) is 57.7 Å². The van der Waals surface area contributed by atoms with Crippen molar-refractivity contribution in [3.63, 3.8) is 0 Å². The van der Waals surface area contributed by atoms with E-state index >= 15 is 0 Å². The van der Waals surface area contributed by atoms with Gasteiger partial charge in [0.1, 0.15) is 5.60 Å². The first kappa shape index (κ1) is 18.4. The maximum Gasteiger partial charge on any atom is 0.410 e. The van der Waals surface area contributed by atoms with Crippen LogP contribution in [0.2, 0.25) is 5.02 Å². The van der Waals surface area contributed by atoms with E-state index in [1.165, 1.54) is 0 Å². The lowest BCUT2D eigenvalue weighted by Gasteiger charge is -2.34. The molecule has 1 aromatic rings. The van der Waals surface area contributed by atoms with Crippen molar-refractivity contribution in [2.24, 2.45) is 5.92 Å². The summed E-state index contributed by atoms with van der Waals surface area (Å²) < 4.78 is 6.45. The molecule has 128 valence electrons. The van der Waals surface area contributed by atoms with E-state index in [0.717, 1.165) is 36.1 Å². The standard InChI is InChI=1S/C17H24BrClN2O2/c1-17(2,3)23-16(22)21-8-4-5-12(11-21)10-20-15-9-13(18)6-7-14(15)19/h6-7,9,12,20H,4-5,8,10-11H2,1-3H3. The second kappa shape index (κ2) is 7.75. The van der Waals surface area contributed by atoms with Crippen molar-refractivity contribution >= 4 is 39.3 Å². The highest BCUT2D eigenvalue weighted by Crippen LogP contribution is 2.27. The van der Waals surface area contributed by atoms with Crippen molar-refractivity contribution in [1.29, 1.82) is 0 Å². The average molecular weight is 404 g/mol. The van der Waals surface area contributed by atoms with Gasteiger partial charge in [-0.3, -0.25) is 0 Å². The molecule has 4 nitrogen and oxygen atoms in total. The third-order valence-corrected chi connectivity index (χ3v) is 4.50. The lowest BCUT2D eigenvalue weighted by Crippen LogP contribution is -2.44. The fourth-order valence-electron chi connectivity index (χ4n) is 2.61. The van der Waals surface area contributed by atoms with Crippen LogP contribution in [0.25, 0.3) is 0 Å². The smallest absolute Gasteiger partial charge is 0.410 e. The van der Waals surface area contributed by atoms with Crippen LogP contribution in [0.1, 0.15) is 33.6 Å². The van der Waals surface area contributed by atoms with Gasteiger partial charge in [0.05, 0.1) is 10.7 Å². The molecule has 6 heteroatoms. The number of rotatable bonds is 3. The molecular formula is C17H24BrClN2O2. The Kier molecular flexibility index (Phi) is 6.20. The molecule has 0 aromatic heterocycles. The number of benzene rings is 1. The molecule has 1 fully saturated rings. The van der Waals surface area contributed by atoms with Crippen LogP contribution in [0.4, 0.5) is 10.5 Å². The first-order valence-electron chi connectivity index (χ1n) is 7.91. The summed E-state index contributed by atoms with van der Waals surface area (Å²) in [6.07, 6.45) is 1.87. The van der Waals surface area contributed by atoms with Crippen LogP contribution in [0, 0.1) is 5.92 Å². The summed E-state index contributed by atoms with van der Waals surface area (Å²) in [5, 5.41) is 4.09. The van der Waals surface area contributed by atoms with Gasteiger partial charge >= 0.3 is 6.09 Å². The molecule has 1 heterocycles. The second-order valence-corrected chi connectivity index (χ2v) is 8.26. The number of hydrogen-bond donors (Lipinski definition) is 1. The van der Waals surface area contributed by atoms with E-state index in [-0.39, 0.29) is 6.09 Å². The highest BCUT2D eigenvalue weighted by Gasteiger charge is 2.27. The Morgan fingerprint density at radius 1 is 1.48 bits per heavy atom. The van der Waals surface area contributed by atoms with Gasteiger partial charge in [-0.1, -0.05) is 27.5 Å². The van der Waals surface area contributed by atoms with Gasteiger partial charge in [0.25, 0.3) is 0 Å². The molecule has 23 heavy (non-hydrogen) atoms. The van der Waals surface area contributed by atoms with E-state index < -0.39 is 5.60 Å². The predicted octanol–water partition coefficient (Wildman–Crippen LogP) is 5.16. The van der Waals surface area contributed by atoms with Gasteiger partial charge in [0, 0.05) is 24.1 Å². The van der Waals surface area contributed by atoms with Crippen molar-refractivity contribution < 1.29 is 9.53 Å². The van der Waals surface area contributed by atoms with E-state index in [2.05, 4.69) is 21.2 Å². The predicted molar refractivity (Wildman–Crippen MR) is 98.2 cm³/mol. The first-order chi connectivity index (χ1) is 10.7. The molecule has 1 aliphatic heterocycles. The molecule has 1 N–H and O–H groups in total. The van der Waals surface area contributed by atoms with Crippen molar-refractivity contribution in [3.05, 3.63) is 27.7 Å². The molecule has 1 aromatic carbocycles. The van der Waals surface area contributed by atoms with Crippen molar-refractivity contribution in [3.8, 4) is 0 Å². The summed E-state index contributed by atoms with van der Waals surface area (Å²) in [7, 11) is 0. The number of nitrogens with zero attached hydrogens (tertiary/aromatic N) is 1. The quantitative estimate of drug-likeness (QED) is 0.757. The minimum absolute atomic E-state index is 0.220. The average Bonchev–Trinajstić information content (AvgIpc) is 2.47. The Morgan fingerprint density at radius 3 is 2.91 bits per heavy atom. The van der Waals surface area contributed by atoms with Crippen molar-refractivity contribution in [2.75, 3.05) is 25.0 Å². The number of nitrogens with one attached hydrogen (secondary N) is 1. The zero-order valence-corrected chi connectivity index (χ0v) is 16.2. The number of carbonyl (C=O) groups is 1. The number of hydrogen-bond acceptors (Lipinski definition) is 3. The molecule has 1 amide bonds. The minimum atomic E-state index is -0.452. The van der Waals surface area contributed by atoms with Gasteiger partial charge in [-0.15, -0.1) is 0 Å². The molecule has 2 rings (SSSR count). The van der Waals surface area contributed by atoms with Crippen LogP contribution >= 0.6 is 27.5 Å². The van der Waals surface area contributed by atoms with Crippen LogP contribution in [-0.4, -0.2) is 36.2 Å². The van der Waals surface area contributed by atoms with Gasteiger partial charge < -0.3 is 15.0 Å². The van der Waals surface area contributed by atoms with Crippen LogP contribution in [0.3, 0.4) is 0 Å². The largest absolute Gasteiger partial charge is 0.444 e. The van der Waals surface area contributed by atoms with Gasteiger partial charge in [0.2, 0.25) is 0 Å². The molecule has 1 atom stereocenters.